The number of aliphatic hydroxyl groups excluding tert-OH is 1. The maximum Gasteiger partial charge on any atom is 0.146 e. The number of halogens is 1. The fourth-order valence-corrected chi connectivity index (χ4v) is 1.79. The number of fused-ring (bicyclic) bond motifs is 1. The molecule has 0 saturated carbocycles. The molecule has 0 spiro atoms. The lowest BCUT2D eigenvalue weighted by Gasteiger charge is -2.07. The SMILES string of the molecule is COc1ccn2c(Br)cnc2c1CO. The van der Waals surface area contributed by atoms with Gasteiger partial charge in [-0.3, -0.25) is 4.40 Å². The first-order chi connectivity index (χ1) is 6.77. The zero-order valence-corrected chi connectivity index (χ0v) is 9.15. The van der Waals surface area contributed by atoms with Gasteiger partial charge in [-0.1, -0.05) is 0 Å². The Morgan fingerprint density at radius 2 is 2.43 bits per heavy atom. The van der Waals surface area contributed by atoms with Gasteiger partial charge in [0.25, 0.3) is 0 Å². The Kier molecular flexibility index (Phi) is 2.43. The topological polar surface area (TPSA) is 46.8 Å². The van der Waals surface area contributed by atoms with Crippen LogP contribution in [0.2, 0.25) is 0 Å². The lowest BCUT2D eigenvalue weighted by Crippen LogP contribution is -1.97. The Labute approximate surface area is 89.3 Å². The molecule has 0 atom stereocenters. The van der Waals surface area contributed by atoms with E-state index in [1.807, 2.05) is 10.6 Å². The summed E-state index contributed by atoms with van der Waals surface area (Å²) in [6, 6.07) is 1.80. The molecule has 0 radical (unpaired) electrons. The van der Waals surface area contributed by atoms with Gasteiger partial charge in [-0.05, 0) is 22.0 Å². The van der Waals surface area contributed by atoms with E-state index in [0.29, 0.717) is 17.0 Å². The number of aromatic nitrogens is 2. The highest BCUT2D eigenvalue weighted by Gasteiger charge is 2.10. The summed E-state index contributed by atoms with van der Waals surface area (Å²) < 4.78 is 7.82. The Morgan fingerprint density at radius 3 is 3.07 bits per heavy atom. The van der Waals surface area contributed by atoms with Crippen molar-refractivity contribution in [3.05, 3.63) is 28.6 Å². The van der Waals surface area contributed by atoms with E-state index in [2.05, 4.69) is 20.9 Å². The lowest BCUT2D eigenvalue weighted by molar-refractivity contribution is 0.274. The van der Waals surface area contributed by atoms with Crippen LogP contribution in [-0.4, -0.2) is 21.6 Å². The average molecular weight is 257 g/mol. The summed E-state index contributed by atoms with van der Waals surface area (Å²) in [5, 5.41) is 9.21. The number of imidazole rings is 1. The number of hydrogen-bond acceptors (Lipinski definition) is 3. The molecule has 74 valence electrons. The van der Waals surface area contributed by atoms with Crippen molar-refractivity contribution >= 4 is 21.6 Å². The minimum Gasteiger partial charge on any atom is -0.496 e. The van der Waals surface area contributed by atoms with Gasteiger partial charge in [0.05, 0.1) is 25.5 Å². The molecule has 2 rings (SSSR count). The summed E-state index contributed by atoms with van der Waals surface area (Å²) in [5.74, 6) is 0.651. The molecule has 1 N–H and O–H groups in total. The molecular formula is C9H9BrN2O2. The Bertz CT molecular complexity index is 467. The quantitative estimate of drug-likeness (QED) is 0.888. The van der Waals surface area contributed by atoms with Gasteiger partial charge in [0.2, 0.25) is 0 Å². The summed E-state index contributed by atoms with van der Waals surface area (Å²) in [6.45, 7) is -0.0863. The van der Waals surface area contributed by atoms with Crippen molar-refractivity contribution in [2.45, 2.75) is 6.61 Å². The summed E-state index contributed by atoms with van der Waals surface area (Å²) in [6.07, 6.45) is 3.53. The molecule has 2 heterocycles. The number of methoxy groups -OCH3 is 1. The largest absolute Gasteiger partial charge is 0.496 e. The van der Waals surface area contributed by atoms with Crippen molar-refractivity contribution in [1.82, 2.24) is 9.38 Å². The van der Waals surface area contributed by atoms with Crippen molar-refractivity contribution in [2.24, 2.45) is 0 Å². The van der Waals surface area contributed by atoms with Gasteiger partial charge in [-0.15, -0.1) is 0 Å². The zero-order valence-electron chi connectivity index (χ0n) is 7.57. The van der Waals surface area contributed by atoms with Crippen LogP contribution in [0.15, 0.2) is 23.1 Å². The predicted octanol–water partition coefficient (Wildman–Crippen LogP) is 1.60. The van der Waals surface area contributed by atoms with E-state index in [9.17, 15) is 5.11 Å². The molecule has 5 heteroatoms. The third kappa shape index (κ3) is 1.29. The van der Waals surface area contributed by atoms with Crippen molar-refractivity contribution in [3.8, 4) is 5.75 Å². The predicted molar refractivity (Wildman–Crippen MR) is 55.4 cm³/mol. The van der Waals surface area contributed by atoms with Crippen LogP contribution < -0.4 is 4.74 Å². The molecule has 0 saturated heterocycles. The van der Waals surface area contributed by atoms with E-state index in [-0.39, 0.29) is 6.61 Å². The van der Waals surface area contributed by atoms with Gasteiger partial charge >= 0.3 is 0 Å². The maximum atomic E-state index is 9.21. The molecule has 0 bridgehead atoms. The lowest BCUT2D eigenvalue weighted by atomic mass is 10.2. The number of aliphatic hydroxyl groups is 1. The third-order valence-electron chi connectivity index (χ3n) is 2.07. The second-order valence-corrected chi connectivity index (χ2v) is 3.61. The minimum atomic E-state index is -0.0863. The first kappa shape index (κ1) is 9.48. The number of nitrogens with zero attached hydrogens (tertiary/aromatic N) is 2. The van der Waals surface area contributed by atoms with Gasteiger partial charge in [0.15, 0.2) is 0 Å². The first-order valence-electron chi connectivity index (χ1n) is 4.07. The highest BCUT2D eigenvalue weighted by molar-refractivity contribution is 9.10. The molecule has 2 aromatic rings. The fourth-order valence-electron chi connectivity index (χ4n) is 1.40. The van der Waals surface area contributed by atoms with E-state index in [1.54, 1.807) is 19.4 Å². The van der Waals surface area contributed by atoms with E-state index >= 15 is 0 Å². The van der Waals surface area contributed by atoms with Crippen LogP contribution in [0.3, 0.4) is 0 Å². The van der Waals surface area contributed by atoms with Crippen molar-refractivity contribution in [3.63, 3.8) is 0 Å². The smallest absolute Gasteiger partial charge is 0.146 e. The van der Waals surface area contributed by atoms with E-state index in [0.717, 1.165) is 4.60 Å². The van der Waals surface area contributed by atoms with Crippen molar-refractivity contribution in [1.29, 1.82) is 0 Å². The van der Waals surface area contributed by atoms with Gasteiger partial charge in [0.1, 0.15) is 16.0 Å². The van der Waals surface area contributed by atoms with E-state index in [1.165, 1.54) is 0 Å². The van der Waals surface area contributed by atoms with E-state index in [4.69, 9.17) is 4.74 Å². The number of pyridine rings is 1. The molecule has 0 aliphatic rings. The van der Waals surface area contributed by atoms with Gasteiger partial charge < -0.3 is 9.84 Å². The van der Waals surface area contributed by atoms with Crippen LogP contribution in [0.5, 0.6) is 5.75 Å². The van der Waals surface area contributed by atoms with Gasteiger partial charge in [-0.25, -0.2) is 4.98 Å². The molecule has 0 unspecified atom stereocenters. The molecule has 4 nitrogen and oxygen atoms in total. The molecule has 0 aliphatic heterocycles. The summed E-state index contributed by atoms with van der Waals surface area (Å²) >= 11 is 3.35. The summed E-state index contributed by atoms with van der Waals surface area (Å²) in [7, 11) is 1.57. The maximum absolute atomic E-state index is 9.21. The standard InChI is InChI=1S/C9H9BrN2O2/c1-14-7-2-3-12-8(10)4-11-9(12)6(7)5-13/h2-4,13H,5H2,1H3. The normalized spacial score (nSPS) is 10.8. The molecule has 0 amide bonds. The number of rotatable bonds is 2. The summed E-state index contributed by atoms with van der Waals surface area (Å²) in [5.41, 5.74) is 1.40. The van der Waals surface area contributed by atoms with Crippen LogP contribution in [0.25, 0.3) is 5.65 Å². The van der Waals surface area contributed by atoms with Crippen LogP contribution in [0.1, 0.15) is 5.56 Å². The molecule has 14 heavy (non-hydrogen) atoms. The average Bonchev–Trinajstić information content (AvgIpc) is 2.59. The second kappa shape index (κ2) is 3.59. The van der Waals surface area contributed by atoms with Crippen LogP contribution in [-0.2, 0) is 6.61 Å². The van der Waals surface area contributed by atoms with Crippen LogP contribution >= 0.6 is 15.9 Å². The highest BCUT2D eigenvalue weighted by Crippen LogP contribution is 2.24. The van der Waals surface area contributed by atoms with Crippen molar-refractivity contribution < 1.29 is 9.84 Å². The second-order valence-electron chi connectivity index (χ2n) is 2.80. The van der Waals surface area contributed by atoms with Gasteiger partial charge in [-0.2, -0.15) is 0 Å². The number of ether oxygens (including phenoxy) is 1. The minimum absolute atomic E-state index is 0.0863. The summed E-state index contributed by atoms with van der Waals surface area (Å²) in [4.78, 5) is 4.17. The van der Waals surface area contributed by atoms with Crippen molar-refractivity contribution in [2.75, 3.05) is 7.11 Å². The Morgan fingerprint density at radius 1 is 1.64 bits per heavy atom. The Hall–Kier alpha value is -1.07. The third-order valence-corrected chi connectivity index (χ3v) is 2.66. The monoisotopic (exact) mass is 256 g/mol. The molecule has 0 aromatic carbocycles. The molecule has 2 aromatic heterocycles. The fraction of sp³-hybridized carbons (Fsp3) is 0.222. The molecule has 0 fully saturated rings. The highest BCUT2D eigenvalue weighted by atomic mass is 79.9. The Balaban J connectivity index is 2.77. The van der Waals surface area contributed by atoms with Crippen LogP contribution in [0, 0.1) is 0 Å². The van der Waals surface area contributed by atoms with Crippen LogP contribution in [0.4, 0.5) is 0 Å². The van der Waals surface area contributed by atoms with Gasteiger partial charge in [0, 0.05) is 6.20 Å². The molecule has 0 aliphatic carbocycles. The zero-order chi connectivity index (χ0) is 10.1. The first-order valence-corrected chi connectivity index (χ1v) is 4.86. The molecular weight excluding hydrogens is 248 g/mol. The number of hydrogen-bond donors (Lipinski definition) is 1. The van der Waals surface area contributed by atoms with E-state index < -0.39 is 0 Å².